The number of urea groups is 1. The molecule has 0 saturated heterocycles. The molecule has 0 saturated carbocycles. The van der Waals surface area contributed by atoms with Gasteiger partial charge in [0, 0.05) is 18.0 Å². The zero-order chi connectivity index (χ0) is 13.4. The van der Waals surface area contributed by atoms with Crippen LogP contribution < -0.4 is 10.6 Å². The first-order valence-electron chi connectivity index (χ1n) is 6.32. The third-order valence-electron chi connectivity index (χ3n) is 2.52. The van der Waals surface area contributed by atoms with E-state index in [0.29, 0.717) is 18.9 Å². The number of aliphatic hydroxyl groups is 1. The lowest BCUT2D eigenvalue weighted by Gasteiger charge is -2.19. The third-order valence-corrected chi connectivity index (χ3v) is 3.51. The van der Waals surface area contributed by atoms with Gasteiger partial charge < -0.3 is 15.7 Å². The predicted octanol–water partition coefficient (Wildman–Crippen LogP) is 2.52. The molecule has 2 amide bonds. The summed E-state index contributed by atoms with van der Waals surface area (Å²) in [5, 5.41) is 16.4. The van der Waals surface area contributed by atoms with Crippen LogP contribution in [0.5, 0.6) is 0 Å². The van der Waals surface area contributed by atoms with Crippen molar-refractivity contribution in [2.75, 3.05) is 13.2 Å². The third kappa shape index (κ3) is 5.51. The van der Waals surface area contributed by atoms with E-state index in [1.807, 2.05) is 17.5 Å². The van der Waals surface area contributed by atoms with Crippen molar-refractivity contribution in [3.8, 4) is 0 Å². The Bertz CT molecular complexity index is 339. The molecule has 3 N–H and O–H groups in total. The second-order valence-corrected chi connectivity index (χ2v) is 5.65. The van der Waals surface area contributed by atoms with Gasteiger partial charge >= 0.3 is 6.03 Å². The molecule has 1 aromatic heterocycles. The SMILES string of the molecule is CC(C)CC(NC(=O)NCCCO)c1cccs1. The van der Waals surface area contributed by atoms with Gasteiger partial charge in [0.15, 0.2) is 0 Å². The molecule has 0 aromatic carbocycles. The summed E-state index contributed by atoms with van der Waals surface area (Å²) in [6.45, 7) is 4.89. The molecule has 1 aromatic rings. The van der Waals surface area contributed by atoms with E-state index >= 15 is 0 Å². The van der Waals surface area contributed by atoms with E-state index in [4.69, 9.17) is 5.11 Å². The molecule has 1 heterocycles. The maximum absolute atomic E-state index is 11.7. The lowest BCUT2D eigenvalue weighted by Crippen LogP contribution is -2.38. The Morgan fingerprint density at radius 3 is 2.83 bits per heavy atom. The van der Waals surface area contributed by atoms with Crippen LogP contribution in [0, 0.1) is 5.92 Å². The minimum absolute atomic E-state index is 0.0686. The normalized spacial score (nSPS) is 12.4. The highest BCUT2D eigenvalue weighted by Crippen LogP contribution is 2.25. The Balaban J connectivity index is 2.48. The van der Waals surface area contributed by atoms with Gasteiger partial charge in [0.05, 0.1) is 6.04 Å². The van der Waals surface area contributed by atoms with Crippen LogP contribution >= 0.6 is 11.3 Å². The Labute approximate surface area is 112 Å². The van der Waals surface area contributed by atoms with Crippen LogP contribution in [-0.2, 0) is 0 Å². The summed E-state index contributed by atoms with van der Waals surface area (Å²) in [4.78, 5) is 12.9. The fourth-order valence-electron chi connectivity index (χ4n) is 1.70. The molecule has 0 bridgehead atoms. The van der Waals surface area contributed by atoms with Crippen LogP contribution in [0.1, 0.15) is 37.6 Å². The van der Waals surface area contributed by atoms with Crippen LogP contribution in [0.3, 0.4) is 0 Å². The molecule has 5 heteroatoms. The lowest BCUT2D eigenvalue weighted by molar-refractivity contribution is 0.233. The van der Waals surface area contributed by atoms with Gasteiger partial charge in [-0.1, -0.05) is 19.9 Å². The highest BCUT2D eigenvalue weighted by Gasteiger charge is 2.16. The first kappa shape index (κ1) is 15.0. The first-order valence-corrected chi connectivity index (χ1v) is 7.20. The second kappa shape index (κ2) is 8.11. The van der Waals surface area contributed by atoms with E-state index < -0.39 is 0 Å². The first-order chi connectivity index (χ1) is 8.63. The largest absolute Gasteiger partial charge is 0.396 e. The van der Waals surface area contributed by atoms with Crippen LogP contribution in [0.25, 0.3) is 0 Å². The number of hydrogen-bond acceptors (Lipinski definition) is 3. The van der Waals surface area contributed by atoms with E-state index in [1.165, 1.54) is 4.88 Å². The van der Waals surface area contributed by atoms with Crippen molar-refractivity contribution in [1.82, 2.24) is 10.6 Å². The topological polar surface area (TPSA) is 61.4 Å². The number of thiophene rings is 1. The van der Waals surface area contributed by atoms with Crippen molar-refractivity contribution in [2.45, 2.75) is 32.7 Å². The van der Waals surface area contributed by atoms with Gasteiger partial charge in [-0.2, -0.15) is 0 Å². The summed E-state index contributed by atoms with van der Waals surface area (Å²) >= 11 is 1.66. The van der Waals surface area contributed by atoms with Crippen LogP contribution in [0.15, 0.2) is 17.5 Å². The minimum atomic E-state index is -0.164. The molecule has 0 aliphatic carbocycles. The van der Waals surface area contributed by atoms with Gasteiger partial charge in [-0.05, 0) is 30.2 Å². The van der Waals surface area contributed by atoms with Crippen LogP contribution in [0.2, 0.25) is 0 Å². The molecule has 4 nitrogen and oxygen atoms in total. The van der Waals surface area contributed by atoms with Crippen LogP contribution in [0.4, 0.5) is 4.79 Å². The Morgan fingerprint density at radius 2 is 2.28 bits per heavy atom. The average molecular weight is 270 g/mol. The van der Waals surface area contributed by atoms with Crippen molar-refractivity contribution in [3.05, 3.63) is 22.4 Å². The molecule has 102 valence electrons. The number of aliphatic hydroxyl groups excluding tert-OH is 1. The van der Waals surface area contributed by atoms with Gasteiger partial charge in [-0.15, -0.1) is 11.3 Å². The van der Waals surface area contributed by atoms with E-state index in [0.717, 1.165) is 6.42 Å². The monoisotopic (exact) mass is 270 g/mol. The fraction of sp³-hybridized carbons (Fsp3) is 0.615. The zero-order valence-corrected chi connectivity index (χ0v) is 11.8. The van der Waals surface area contributed by atoms with Gasteiger partial charge in [0.25, 0.3) is 0 Å². The van der Waals surface area contributed by atoms with Crippen molar-refractivity contribution in [3.63, 3.8) is 0 Å². The summed E-state index contributed by atoms with van der Waals surface area (Å²) < 4.78 is 0. The standard InChI is InChI=1S/C13H22N2O2S/c1-10(2)9-11(12-5-3-8-18-12)15-13(17)14-6-4-7-16/h3,5,8,10-11,16H,4,6-7,9H2,1-2H3,(H2,14,15,17). The quantitative estimate of drug-likeness (QED) is 0.667. The van der Waals surface area contributed by atoms with E-state index in [-0.39, 0.29) is 18.7 Å². The molecule has 0 radical (unpaired) electrons. The molecule has 1 rings (SSSR count). The van der Waals surface area contributed by atoms with E-state index in [1.54, 1.807) is 11.3 Å². The molecule has 0 spiro atoms. The van der Waals surface area contributed by atoms with Gasteiger partial charge in [0.2, 0.25) is 0 Å². The fourth-order valence-corrected chi connectivity index (χ4v) is 2.49. The van der Waals surface area contributed by atoms with Crippen molar-refractivity contribution >= 4 is 17.4 Å². The Hall–Kier alpha value is -1.07. The maximum Gasteiger partial charge on any atom is 0.315 e. The lowest BCUT2D eigenvalue weighted by atomic mass is 10.0. The number of hydrogen-bond donors (Lipinski definition) is 3. The summed E-state index contributed by atoms with van der Waals surface area (Å²) in [5.74, 6) is 0.523. The highest BCUT2D eigenvalue weighted by atomic mass is 32.1. The number of amides is 2. The number of carbonyl (C=O) groups excluding carboxylic acids is 1. The van der Waals surface area contributed by atoms with Gasteiger partial charge in [-0.25, -0.2) is 4.79 Å². The smallest absolute Gasteiger partial charge is 0.315 e. The molecule has 1 atom stereocenters. The summed E-state index contributed by atoms with van der Waals surface area (Å²) in [6.07, 6.45) is 1.51. The Morgan fingerprint density at radius 1 is 1.50 bits per heavy atom. The molecular formula is C13H22N2O2S. The zero-order valence-electron chi connectivity index (χ0n) is 11.0. The van der Waals surface area contributed by atoms with Crippen molar-refractivity contribution in [1.29, 1.82) is 0 Å². The summed E-state index contributed by atoms with van der Waals surface area (Å²) in [6, 6.07) is 3.95. The van der Waals surface area contributed by atoms with Gasteiger partial charge in [-0.3, -0.25) is 0 Å². The molecule has 18 heavy (non-hydrogen) atoms. The summed E-state index contributed by atoms with van der Waals surface area (Å²) in [5.41, 5.74) is 0. The van der Waals surface area contributed by atoms with Gasteiger partial charge in [0.1, 0.15) is 0 Å². The predicted molar refractivity (Wildman–Crippen MR) is 74.8 cm³/mol. The van der Waals surface area contributed by atoms with Crippen molar-refractivity contribution in [2.24, 2.45) is 5.92 Å². The average Bonchev–Trinajstić information content (AvgIpc) is 2.81. The van der Waals surface area contributed by atoms with Crippen LogP contribution in [-0.4, -0.2) is 24.3 Å². The molecule has 0 aliphatic heterocycles. The highest BCUT2D eigenvalue weighted by molar-refractivity contribution is 7.10. The number of nitrogens with one attached hydrogen (secondary N) is 2. The molecule has 0 aliphatic rings. The maximum atomic E-state index is 11.7. The molecular weight excluding hydrogens is 248 g/mol. The number of rotatable bonds is 7. The van der Waals surface area contributed by atoms with Crippen molar-refractivity contribution < 1.29 is 9.90 Å². The second-order valence-electron chi connectivity index (χ2n) is 4.67. The van der Waals surface area contributed by atoms with E-state index in [9.17, 15) is 4.79 Å². The Kier molecular flexibility index (Phi) is 6.75. The molecule has 1 unspecified atom stereocenters. The van der Waals surface area contributed by atoms with E-state index in [2.05, 4.69) is 24.5 Å². The number of carbonyl (C=O) groups is 1. The molecule has 0 fully saturated rings. The summed E-state index contributed by atoms with van der Waals surface area (Å²) in [7, 11) is 0. The minimum Gasteiger partial charge on any atom is -0.396 e.